The zero-order chi connectivity index (χ0) is 25.8. The van der Waals surface area contributed by atoms with E-state index >= 15 is 0 Å². The van der Waals surface area contributed by atoms with E-state index in [-0.39, 0.29) is 11.4 Å². The van der Waals surface area contributed by atoms with Crippen LogP contribution in [0.25, 0.3) is 5.69 Å². The number of alkyl halides is 3. The van der Waals surface area contributed by atoms with E-state index in [0.29, 0.717) is 43.8 Å². The van der Waals surface area contributed by atoms with Gasteiger partial charge in [-0.25, -0.2) is 9.59 Å². The lowest BCUT2D eigenvalue weighted by Crippen LogP contribution is -2.37. The van der Waals surface area contributed by atoms with E-state index in [0.717, 1.165) is 22.4 Å². The average Bonchev–Trinajstić information content (AvgIpc) is 3.10. The molecule has 1 N–H and O–H groups in total. The van der Waals surface area contributed by atoms with Crippen LogP contribution in [0.3, 0.4) is 0 Å². The molecule has 35 heavy (non-hydrogen) atoms. The van der Waals surface area contributed by atoms with Gasteiger partial charge in [-0.3, -0.25) is 4.57 Å². The molecule has 10 heteroatoms. The molecule has 0 spiro atoms. The van der Waals surface area contributed by atoms with Crippen molar-refractivity contribution in [1.82, 2.24) is 14.3 Å². The largest absolute Gasteiger partial charge is 0.478 e. The second-order valence-corrected chi connectivity index (χ2v) is 8.72. The van der Waals surface area contributed by atoms with Crippen molar-refractivity contribution < 1.29 is 27.8 Å². The van der Waals surface area contributed by atoms with E-state index in [2.05, 4.69) is 5.10 Å². The van der Waals surface area contributed by atoms with Crippen LogP contribution in [0.15, 0.2) is 53.3 Å². The van der Waals surface area contributed by atoms with Gasteiger partial charge in [-0.05, 0) is 75.1 Å². The van der Waals surface area contributed by atoms with Gasteiger partial charge in [-0.1, -0.05) is 19.1 Å². The molecular weight excluding hydrogens is 463 g/mol. The number of carboxylic acid groups (broad SMARTS) is 1. The molecule has 0 aliphatic carbocycles. The van der Waals surface area contributed by atoms with Crippen LogP contribution in [-0.4, -0.2) is 31.0 Å². The Bertz CT molecular complexity index is 1210. The number of benzene rings is 2. The van der Waals surface area contributed by atoms with Gasteiger partial charge in [0.2, 0.25) is 0 Å². The maximum Gasteiger partial charge on any atom is 0.416 e. The van der Waals surface area contributed by atoms with Crippen molar-refractivity contribution >= 4 is 5.97 Å². The van der Waals surface area contributed by atoms with Crippen molar-refractivity contribution in [3.05, 3.63) is 76.0 Å². The lowest BCUT2D eigenvalue weighted by atomic mass is 10.1. The minimum Gasteiger partial charge on any atom is -0.478 e. The van der Waals surface area contributed by atoms with E-state index in [1.807, 2.05) is 19.1 Å². The summed E-state index contributed by atoms with van der Waals surface area (Å²) in [5.41, 5.74) is -1.22. The molecule has 0 saturated carbocycles. The third-order valence-electron chi connectivity index (χ3n) is 5.50. The Morgan fingerprint density at radius 1 is 1.03 bits per heavy atom. The zero-order valence-electron chi connectivity index (χ0n) is 19.8. The number of hydrogen-bond acceptors (Lipinski definition) is 4. The van der Waals surface area contributed by atoms with E-state index in [4.69, 9.17) is 4.74 Å². The maximum atomic E-state index is 12.9. The predicted molar refractivity (Wildman–Crippen MR) is 124 cm³/mol. The van der Waals surface area contributed by atoms with Crippen molar-refractivity contribution in [3.8, 4) is 11.4 Å². The van der Waals surface area contributed by atoms with Gasteiger partial charge in [0.1, 0.15) is 11.6 Å². The van der Waals surface area contributed by atoms with Crippen molar-refractivity contribution in [1.29, 1.82) is 0 Å². The number of aliphatic carboxylic acids is 1. The van der Waals surface area contributed by atoms with Crippen LogP contribution in [-0.2, 0) is 30.4 Å². The minimum absolute atomic E-state index is 0.277. The van der Waals surface area contributed by atoms with Crippen LogP contribution in [0.1, 0.15) is 50.6 Å². The summed E-state index contributed by atoms with van der Waals surface area (Å²) in [6, 6.07) is 11.5. The Morgan fingerprint density at radius 3 is 2.20 bits per heavy atom. The highest BCUT2D eigenvalue weighted by molar-refractivity contribution is 5.76. The van der Waals surface area contributed by atoms with E-state index in [1.165, 1.54) is 26.0 Å². The number of ether oxygens (including phenoxy) is 1. The van der Waals surface area contributed by atoms with Gasteiger partial charge in [0, 0.05) is 13.0 Å². The molecule has 7 nitrogen and oxygen atoms in total. The average molecular weight is 492 g/mol. The maximum absolute atomic E-state index is 12.9. The molecule has 0 saturated heterocycles. The molecule has 1 heterocycles. The third kappa shape index (κ3) is 6.32. The number of rotatable bonds is 10. The van der Waals surface area contributed by atoms with Crippen LogP contribution >= 0.6 is 0 Å². The quantitative estimate of drug-likeness (QED) is 0.437. The summed E-state index contributed by atoms with van der Waals surface area (Å²) < 4.78 is 46.8. The normalized spacial score (nSPS) is 12.1. The number of nitrogens with zero attached hydrogens (tertiary/aromatic N) is 3. The highest BCUT2D eigenvalue weighted by atomic mass is 19.4. The summed E-state index contributed by atoms with van der Waals surface area (Å²) in [5, 5.41) is 13.6. The SMILES string of the molecule is CCCn1c(CCCc2ccc(OC(C)(C)C(=O)O)cc2)nn(-c2ccc(C(F)(F)F)cc2)c1=O. The van der Waals surface area contributed by atoms with Crippen LogP contribution in [0, 0.1) is 0 Å². The molecule has 1 aromatic heterocycles. The Balaban J connectivity index is 1.70. The summed E-state index contributed by atoms with van der Waals surface area (Å²) in [5.74, 6) is -0.0384. The van der Waals surface area contributed by atoms with Gasteiger partial charge in [-0.15, -0.1) is 5.10 Å². The van der Waals surface area contributed by atoms with E-state index < -0.39 is 23.3 Å². The Kier molecular flexibility index (Phi) is 7.72. The molecule has 0 radical (unpaired) electrons. The van der Waals surface area contributed by atoms with Gasteiger partial charge >= 0.3 is 17.8 Å². The molecule has 0 unspecified atom stereocenters. The molecule has 3 aromatic rings. The lowest BCUT2D eigenvalue weighted by molar-refractivity contribution is -0.152. The van der Waals surface area contributed by atoms with Crippen molar-refractivity contribution in [2.24, 2.45) is 0 Å². The first-order chi connectivity index (χ1) is 16.4. The molecule has 0 aliphatic rings. The summed E-state index contributed by atoms with van der Waals surface area (Å²) in [7, 11) is 0. The Hall–Kier alpha value is -3.56. The second kappa shape index (κ2) is 10.4. The smallest absolute Gasteiger partial charge is 0.416 e. The van der Waals surface area contributed by atoms with E-state index in [1.54, 1.807) is 16.7 Å². The van der Waals surface area contributed by atoms with Crippen LogP contribution in [0.5, 0.6) is 5.75 Å². The molecule has 2 aromatic carbocycles. The van der Waals surface area contributed by atoms with Crippen molar-refractivity contribution in [3.63, 3.8) is 0 Å². The van der Waals surface area contributed by atoms with Gasteiger partial charge in [-0.2, -0.15) is 17.9 Å². The van der Waals surface area contributed by atoms with Gasteiger partial charge in [0.05, 0.1) is 11.3 Å². The van der Waals surface area contributed by atoms with Gasteiger partial charge in [0.15, 0.2) is 5.60 Å². The Labute approximate surface area is 200 Å². The first kappa shape index (κ1) is 26.1. The molecule has 188 valence electrons. The van der Waals surface area contributed by atoms with Crippen molar-refractivity contribution in [2.45, 2.75) is 64.8 Å². The van der Waals surface area contributed by atoms with Crippen molar-refractivity contribution in [2.75, 3.05) is 0 Å². The van der Waals surface area contributed by atoms with E-state index in [9.17, 15) is 27.9 Å². The number of aromatic nitrogens is 3. The molecule has 0 fully saturated rings. The summed E-state index contributed by atoms with van der Waals surface area (Å²) in [4.78, 5) is 24.1. The minimum atomic E-state index is -4.45. The molecular formula is C25H28F3N3O4. The standard InChI is InChI=1S/C25H28F3N3O4/c1-4-16-30-21(29-31(23(30)34)19-12-10-18(11-13-19)25(26,27)28)7-5-6-17-8-14-20(15-9-17)35-24(2,3)22(32)33/h8-15H,4-7,16H2,1-3H3,(H,32,33). The van der Waals surface area contributed by atoms with Crippen LogP contribution < -0.4 is 10.4 Å². The van der Waals surface area contributed by atoms with Crippen LogP contribution in [0.4, 0.5) is 13.2 Å². The molecule has 3 rings (SSSR count). The molecule has 0 atom stereocenters. The van der Waals surface area contributed by atoms with Gasteiger partial charge in [0.25, 0.3) is 0 Å². The Morgan fingerprint density at radius 2 is 1.66 bits per heavy atom. The summed E-state index contributed by atoms with van der Waals surface area (Å²) >= 11 is 0. The fraction of sp³-hybridized carbons (Fsp3) is 0.400. The highest BCUT2D eigenvalue weighted by Crippen LogP contribution is 2.29. The molecule has 0 aliphatic heterocycles. The number of aryl methyl sites for hydroxylation is 2. The predicted octanol–water partition coefficient (Wildman–Crippen LogP) is 4.88. The number of carboxylic acids is 1. The topological polar surface area (TPSA) is 86.3 Å². The number of halogens is 3. The lowest BCUT2D eigenvalue weighted by Gasteiger charge is -2.21. The first-order valence-corrected chi connectivity index (χ1v) is 11.3. The van der Waals surface area contributed by atoms with Crippen LogP contribution in [0.2, 0.25) is 0 Å². The first-order valence-electron chi connectivity index (χ1n) is 11.3. The molecule has 0 bridgehead atoms. The zero-order valence-corrected chi connectivity index (χ0v) is 19.8. The number of hydrogen-bond donors (Lipinski definition) is 1. The van der Waals surface area contributed by atoms with Gasteiger partial charge < -0.3 is 9.84 Å². The summed E-state index contributed by atoms with van der Waals surface area (Å²) in [6.45, 7) is 5.34. The monoisotopic (exact) mass is 491 g/mol. The highest BCUT2D eigenvalue weighted by Gasteiger charge is 2.30. The third-order valence-corrected chi connectivity index (χ3v) is 5.50. The molecule has 0 amide bonds. The summed E-state index contributed by atoms with van der Waals surface area (Å²) in [6.07, 6.45) is -1.86. The fourth-order valence-electron chi connectivity index (χ4n) is 3.54. The number of carbonyl (C=O) groups is 1. The fourth-order valence-corrected chi connectivity index (χ4v) is 3.54. The second-order valence-electron chi connectivity index (χ2n) is 8.72.